The third-order valence-corrected chi connectivity index (χ3v) is 3.50. The van der Waals surface area contributed by atoms with Gasteiger partial charge in [-0.2, -0.15) is 0 Å². The Bertz CT molecular complexity index is 502. The minimum Gasteiger partial charge on any atom is -0.478 e. The number of rotatable bonds is 5. The van der Waals surface area contributed by atoms with Gasteiger partial charge in [0.1, 0.15) is 10.3 Å². The smallest absolute Gasteiger partial charge is 0.338 e. The molecule has 0 spiro atoms. The van der Waals surface area contributed by atoms with Crippen LogP contribution in [0, 0.1) is 13.8 Å². The molecule has 0 aromatic carbocycles. The zero-order valence-corrected chi connectivity index (χ0v) is 12.2. The second-order valence-corrected chi connectivity index (χ2v) is 5.41. The van der Waals surface area contributed by atoms with Crippen molar-refractivity contribution in [1.29, 1.82) is 0 Å². The van der Waals surface area contributed by atoms with Gasteiger partial charge in [0, 0.05) is 5.69 Å². The number of carboxylic acid groups (broad SMARTS) is 1. The molecule has 0 saturated heterocycles. The molecule has 0 fully saturated rings. The fourth-order valence-corrected chi connectivity index (χ4v) is 2.69. The first-order valence-corrected chi connectivity index (χ1v) is 6.79. The van der Waals surface area contributed by atoms with Gasteiger partial charge in [0.05, 0.1) is 12.2 Å². The lowest BCUT2D eigenvalue weighted by atomic mass is 10.1. The van der Waals surface area contributed by atoms with Crippen LogP contribution in [0.3, 0.4) is 0 Å². The molecule has 1 aromatic heterocycles. The summed E-state index contributed by atoms with van der Waals surface area (Å²) in [6, 6.07) is 1.71. The summed E-state index contributed by atoms with van der Waals surface area (Å²) in [5.41, 5.74) is 1.51. The van der Waals surface area contributed by atoms with Gasteiger partial charge in [-0.05, 0) is 39.3 Å². The molecule has 1 heterocycles. The normalized spacial score (nSPS) is 12.0. The maximum absolute atomic E-state index is 11.6. The monoisotopic (exact) mass is 283 g/mol. The Kier molecular flexibility index (Phi) is 5.35. The fraction of sp³-hybridized carbons (Fsp3) is 0.462. The Morgan fingerprint density at radius 3 is 2.63 bits per heavy atom. The van der Waals surface area contributed by atoms with Crippen LogP contribution in [0.1, 0.15) is 35.5 Å². The van der Waals surface area contributed by atoms with Crippen molar-refractivity contribution in [1.82, 2.24) is 4.98 Å². The van der Waals surface area contributed by atoms with Gasteiger partial charge < -0.3 is 9.84 Å². The molecule has 0 amide bonds. The Morgan fingerprint density at radius 1 is 1.47 bits per heavy atom. The first kappa shape index (κ1) is 15.5. The van der Waals surface area contributed by atoms with Crippen molar-refractivity contribution in [2.24, 2.45) is 0 Å². The highest BCUT2D eigenvalue weighted by Crippen LogP contribution is 2.28. The lowest BCUT2D eigenvalue weighted by molar-refractivity contribution is -0.142. The summed E-state index contributed by atoms with van der Waals surface area (Å²) >= 11 is 1.11. The van der Waals surface area contributed by atoms with Gasteiger partial charge in [0.25, 0.3) is 0 Å². The molecule has 104 valence electrons. The van der Waals surface area contributed by atoms with E-state index in [1.807, 2.05) is 0 Å². The number of thioether (sulfide) groups is 1. The summed E-state index contributed by atoms with van der Waals surface area (Å²) in [5, 5.41) is 9.08. The van der Waals surface area contributed by atoms with Crippen LogP contribution in [0.4, 0.5) is 0 Å². The van der Waals surface area contributed by atoms with Crippen molar-refractivity contribution in [3.63, 3.8) is 0 Å². The van der Waals surface area contributed by atoms with Gasteiger partial charge in [-0.3, -0.25) is 4.79 Å². The number of carbonyl (C=O) groups excluding carboxylic acids is 1. The maximum Gasteiger partial charge on any atom is 0.338 e. The maximum atomic E-state index is 11.6. The first-order valence-electron chi connectivity index (χ1n) is 5.91. The predicted molar refractivity (Wildman–Crippen MR) is 72.6 cm³/mol. The molecule has 0 radical (unpaired) electrons. The number of carbonyl (C=O) groups is 2. The van der Waals surface area contributed by atoms with Crippen molar-refractivity contribution in [2.75, 3.05) is 6.61 Å². The van der Waals surface area contributed by atoms with Crippen molar-refractivity contribution in [3.05, 3.63) is 22.9 Å². The second kappa shape index (κ2) is 6.56. The third kappa shape index (κ3) is 3.96. The molecule has 19 heavy (non-hydrogen) atoms. The minimum atomic E-state index is -1.04. The predicted octanol–water partition coefficient (Wildman–Crippen LogP) is 2.44. The molecule has 0 aliphatic carbocycles. The van der Waals surface area contributed by atoms with Gasteiger partial charge in [-0.1, -0.05) is 11.8 Å². The van der Waals surface area contributed by atoms with E-state index in [9.17, 15) is 14.7 Å². The van der Waals surface area contributed by atoms with Crippen molar-refractivity contribution >= 4 is 23.7 Å². The molecule has 0 saturated carbocycles. The highest BCUT2D eigenvalue weighted by Gasteiger charge is 2.22. The number of aromatic carboxylic acids is 1. The van der Waals surface area contributed by atoms with Gasteiger partial charge >= 0.3 is 11.9 Å². The van der Waals surface area contributed by atoms with Crippen molar-refractivity contribution in [2.45, 2.75) is 38.0 Å². The Morgan fingerprint density at radius 2 is 2.11 bits per heavy atom. The van der Waals surface area contributed by atoms with Crippen molar-refractivity contribution < 1.29 is 19.4 Å². The Labute approximate surface area is 116 Å². The van der Waals surface area contributed by atoms with Crippen LogP contribution in [-0.2, 0) is 9.53 Å². The van der Waals surface area contributed by atoms with E-state index < -0.39 is 11.2 Å². The van der Waals surface area contributed by atoms with Crippen LogP contribution in [-0.4, -0.2) is 33.9 Å². The second-order valence-electron chi connectivity index (χ2n) is 4.08. The molecular weight excluding hydrogens is 266 g/mol. The number of nitrogens with zero attached hydrogens (tertiary/aromatic N) is 1. The number of hydrogen-bond acceptors (Lipinski definition) is 5. The van der Waals surface area contributed by atoms with E-state index in [1.54, 1.807) is 33.8 Å². The minimum absolute atomic E-state index is 0.145. The van der Waals surface area contributed by atoms with Crippen LogP contribution in [0.15, 0.2) is 11.1 Å². The molecule has 0 aliphatic heterocycles. The lowest BCUT2D eigenvalue weighted by Crippen LogP contribution is -2.18. The van der Waals surface area contributed by atoms with E-state index in [2.05, 4.69) is 4.98 Å². The van der Waals surface area contributed by atoms with Crippen LogP contribution >= 0.6 is 11.8 Å². The number of aryl methyl sites for hydroxylation is 2. The topological polar surface area (TPSA) is 76.5 Å². The zero-order chi connectivity index (χ0) is 14.6. The van der Waals surface area contributed by atoms with Gasteiger partial charge in [0.2, 0.25) is 0 Å². The van der Waals surface area contributed by atoms with Gasteiger partial charge in [0.15, 0.2) is 0 Å². The quantitative estimate of drug-likeness (QED) is 0.660. The first-order chi connectivity index (χ1) is 8.86. The summed E-state index contributed by atoms with van der Waals surface area (Å²) in [5.74, 6) is -1.41. The molecule has 0 aliphatic rings. The SMILES string of the molecule is CCOC(=O)C(C)Sc1nc(C)cc(C)c1C(=O)O. The molecular formula is C13H17NO4S. The molecule has 1 N–H and O–H groups in total. The molecule has 0 bridgehead atoms. The van der Waals surface area contributed by atoms with Crippen molar-refractivity contribution in [3.8, 4) is 0 Å². The van der Waals surface area contributed by atoms with Crippen LogP contribution < -0.4 is 0 Å². The van der Waals surface area contributed by atoms with Crippen LogP contribution in [0.25, 0.3) is 0 Å². The Balaban J connectivity index is 3.06. The number of esters is 1. The van der Waals surface area contributed by atoms with Gasteiger partial charge in [-0.25, -0.2) is 9.78 Å². The molecule has 1 atom stereocenters. The fourth-order valence-electron chi connectivity index (χ4n) is 1.62. The number of ether oxygens (including phenoxy) is 1. The standard InChI is InChI=1S/C13H17NO4S/c1-5-18-13(17)9(4)19-11-10(12(15)16)7(2)6-8(3)14-11/h6,9H,5H2,1-4H3,(H,15,16). The molecule has 1 rings (SSSR count). The number of pyridine rings is 1. The van der Waals surface area contributed by atoms with E-state index >= 15 is 0 Å². The summed E-state index contributed by atoms with van der Waals surface area (Å²) in [6.45, 7) is 7.21. The average Bonchev–Trinajstić information content (AvgIpc) is 2.27. The van der Waals surface area contributed by atoms with E-state index in [0.717, 1.165) is 17.5 Å². The zero-order valence-electron chi connectivity index (χ0n) is 11.4. The molecule has 5 nitrogen and oxygen atoms in total. The van der Waals surface area contributed by atoms with Crippen LogP contribution in [0.5, 0.6) is 0 Å². The number of aromatic nitrogens is 1. The molecule has 6 heteroatoms. The van der Waals surface area contributed by atoms with E-state index in [0.29, 0.717) is 17.2 Å². The highest BCUT2D eigenvalue weighted by molar-refractivity contribution is 8.00. The summed E-state index contributed by atoms with van der Waals surface area (Å²) < 4.78 is 4.90. The van der Waals surface area contributed by atoms with E-state index in [4.69, 9.17) is 4.74 Å². The third-order valence-electron chi connectivity index (χ3n) is 2.43. The number of hydrogen-bond donors (Lipinski definition) is 1. The van der Waals surface area contributed by atoms with E-state index in [1.165, 1.54) is 0 Å². The largest absolute Gasteiger partial charge is 0.478 e. The van der Waals surface area contributed by atoms with Gasteiger partial charge in [-0.15, -0.1) is 0 Å². The van der Waals surface area contributed by atoms with E-state index in [-0.39, 0.29) is 11.5 Å². The lowest BCUT2D eigenvalue weighted by Gasteiger charge is -2.13. The molecule has 1 aromatic rings. The number of carboxylic acids is 1. The Hall–Kier alpha value is -1.56. The summed E-state index contributed by atoms with van der Waals surface area (Å²) in [7, 11) is 0. The van der Waals surface area contributed by atoms with Crippen LogP contribution in [0.2, 0.25) is 0 Å². The average molecular weight is 283 g/mol. The molecule has 1 unspecified atom stereocenters. The summed E-state index contributed by atoms with van der Waals surface area (Å²) in [6.07, 6.45) is 0. The highest BCUT2D eigenvalue weighted by atomic mass is 32.2. The summed E-state index contributed by atoms with van der Waals surface area (Å²) in [4.78, 5) is 27.1.